The Morgan fingerprint density at radius 3 is 1.97 bits per heavy atom. The molecule has 1 aliphatic heterocycles. The van der Waals surface area contributed by atoms with Crippen molar-refractivity contribution in [3.05, 3.63) is 58.4 Å². The van der Waals surface area contributed by atoms with Crippen molar-refractivity contribution in [3.8, 4) is 0 Å². The van der Waals surface area contributed by atoms with Gasteiger partial charge in [0, 0.05) is 5.70 Å². The van der Waals surface area contributed by atoms with Gasteiger partial charge in [0.25, 0.3) is 0 Å². The van der Waals surface area contributed by atoms with Crippen molar-refractivity contribution in [3.63, 3.8) is 0 Å². The van der Waals surface area contributed by atoms with Crippen molar-refractivity contribution in [2.24, 2.45) is 15.8 Å². The summed E-state index contributed by atoms with van der Waals surface area (Å²) in [5.41, 5.74) is 7.78. The maximum Gasteiger partial charge on any atom is 0.0986 e. The van der Waals surface area contributed by atoms with E-state index in [1.165, 1.54) is 60.8 Å². The molecule has 0 fully saturated rings. The predicted molar refractivity (Wildman–Crippen MR) is 127 cm³/mol. The Kier molecular flexibility index (Phi) is 6.41. The monoisotopic (exact) mass is 392 g/mol. The molecule has 158 valence electrons. The fourth-order valence-corrected chi connectivity index (χ4v) is 5.31. The van der Waals surface area contributed by atoms with Crippen LogP contribution in [-0.4, -0.2) is 11.9 Å². The maximum absolute atomic E-state index is 4.80. The lowest BCUT2D eigenvalue weighted by atomic mass is 9.72. The van der Waals surface area contributed by atoms with E-state index in [4.69, 9.17) is 4.99 Å². The third kappa shape index (κ3) is 5.21. The van der Waals surface area contributed by atoms with Crippen LogP contribution in [0.1, 0.15) is 87.0 Å². The third-order valence-corrected chi connectivity index (χ3v) is 6.99. The van der Waals surface area contributed by atoms with Gasteiger partial charge in [-0.1, -0.05) is 57.1 Å². The molecule has 3 aliphatic rings. The van der Waals surface area contributed by atoms with Gasteiger partial charge in [-0.15, -0.1) is 0 Å². The lowest BCUT2D eigenvalue weighted by Gasteiger charge is -2.33. The van der Waals surface area contributed by atoms with Gasteiger partial charge in [0.15, 0.2) is 0 Å². The standard InChI is InChI=1S/C27H40N2/c1-19-10-8-16-26(4,5)24(19)14-12-22-18-23(29-21(3)28-22)13-15-25-20(2)11-9-17-27(25,6)7/h12-15,18,22H,8-11,16-17H2,1-7H3,(H,28,29). The second-order valence-corrected chi connectivity index (χ2v) is 10.5. The first-order chi connectivity index (χ1) is 13.6. The molecule has 2 heteroatoms. The molecule has 2 aliphatic carbocycles. The van der Waals surface area contributed by atoms with Gasteiger partial charge < -0.3 is 5.32 Å². The van der Waals surface area contributed by atoms with E-state index in [0.29, 0.717) is 0 Å². The molecule has 3 rings (SSSR count). The van der Waals surface area contributed by atoms with E-state index in [0.717, 1.165) is 11.5 Å². The van der Waals surface area contributed by atoms with Crippen LogP contribution in [0.2, 0.25) is 0 Å². The van der Waals surface area contributed by atoms with E-state index in [9.17, 15) is 0 Å². The number of hydrogen-bond acceptors (Lipinski definition) is 2. The second kappa shape index (κ2) is 8.50. The lowest BCUT2D eigenvalue weighted by Crippen LogP contribution is -2.26. The number of allylic oxidation sites excluding steroid dienone is 7. The van der Waals surface area contributed by atoms with E-state index in [-0.39, 0.29) is 16.9 Å². The van der Waals surface area contributed by atoms with Crippen molar-refractivity contribution in [1.29, 1.82) is 0 Å². The zero-order valence-electron chi connectivity index (χ0n) is 19.7. The van der Waals surface area contributed by atoms with Crippen molar-refractivity contribution < 1.29 is 0 Å². The fraction of sp³-hybridized carbons (Fsp3) is 0.593. The van der Waals surface area contributed by atoms with Crippen molar-refractivity contribution in [2.75, 3.05) is 0 Å². The summed E-state index contributed by atoms with van der Waals surface area (Å²) < 4.78 is 0. The van der Waals surface area contributed by atoms with Crippen LogP contribution in [0, 0.1) is 10.8 Å². The second-order valence-electron chi connectivity index (χ2n) is 10.5. The Balaban J connectivity index is 1.80. The number of hydrogen-bond donors (Lipinski definition) is 1. The summed E-state index contributed by atoms with van der Waals surface area (Å²) in [5, 5.41) is 3.45. The minimum absolute atomic E-state index is 0.100. The maximum atomic E-state index is 4.80. The number of nitrogens with one attached hydrogen (secondary N) is 1. The number of rotatable bonds is 4. The van der Waals surface area contributed by atoms with Gasteiger partial charge in [-0.25, -0.2) is 0 Å². The molecule has 29 heavy (non-hydrogen) atoms. The minimum Gasteiger partial charge on any atom is -0.344 e. The Morgan fingerprint density at radius 2 is 1.41 bits per heavy atom. The van der Waals surface area contributed by atoms with Crippen molar-refractivity contribution in [2.45, 2.75) is 93.0 Å². The molecule has 0 aromatic rings. The van der Waals surface area contributed by atoms with Crippen LogP contribution in [0.25, 0.3) is 0 Å². The highest BCUT2D eigenvalue weighted by Gasteiger charge is 2.27. The number of nitrogens with zero attached hydrogens (tertiary/aromatic N) is 1. The molecular weight excluding hydrogens is 352 g/mol. The van der Waals surface area contributed by atoms with E-state index < -0.39 is 0 Å². The van der Waals surface area contributed by atoms with Gasteiger partial charge in [0.2, 0.25) is 0 Å². The van der Waals surface area contributed by atoms with Crippen LogP contribution in [0.5, 0.6) is 0 Å². The Morgan fingerprint density at radius 1 is 0.862 bits per heavy atom. The molecule has 2 nitrogen and oxygen atoms in total. The van der Waals surface area contributed by atoms with E-state index in [1.54, 1.807) is 0 Å². The first-order valence-electron chi connectivity index (χ1n) is 11.4. The summed E-state index contributed by atoms with van der Waals surface area (Å²) in [5.74, 6) is 0.990. The van der Waals surface area contributed by atoms with Crippen LogP contribution >= 0.6 is 0 Å². The minimum atomic E-state index is 0.100. The lowest BCUT2D eigenvalue weighted by molar-refractivity contribution is 0.376. The SMILES string of the molecule is CC1=NC(C=CC2=C(C)CCCC2(C)C)C=C(C=CC2=C(C)CCCC2(C)C)N1. The summed E-state index contributed by atoms with van der Waals surface area (Å²) in [4.78, 5) is 4.80. The number of aliphatic imine (C=N–C) groups is 1. The third-order valence-electron chi connectivity index (χ3n) is 6.99. The van der Waals surface area contributed by atoms with Gasteiger partial charge >= 0.3 is 0 Å². The molecule has 0 spiro atoms. The van der Waals surface area contributed by atoms with E-state index in [1.807, 2.05) is 0 Å². The molecule has 0 saturated carbocycles. The summed E-state index contributed by atoms with van der Waals surface area (Å²) in [6.45, 7) is 16.1. The smallest absolute Gasteiger partial charge is 0.0986 e. The zero-order valence-corrected chi connectivity index (χ0v) is 19.7. The van der Waals surface area contributed by atoms with Gasteiger partial charge in [-0.2, -0.15) is 0 Å². The largest absolute Gasteiger partial charge is 0.344 e. The summed E-state index contributed by atoms with van der Waals surface area (Å²) in [6, 6.07) is 0.100. The molecule has 1 unspecified atom stereocenters. The molecule has 0 saturated heterocycles. The molecule has 0 aromatic heterocycles. The molecule has 1 heterocycles. The Hall–Kier alpha value is -1.83. The van der Waals surface area contributed by atoms with Gasteiger partial charge in [0.05, 0.1) is 11.9 Å². The molecule has 0 aromatic carbocycles. The first-order valence-corrected chi connectivity index (χ1v) is 11.4. The Labute approximate surface area is 178 Å². The topological polar surface area (TPSA) is 24.4 Å². The highest BCUT2D eigenvalue weighted by molar-refractivity contribution is 5.83. The molecule has 1 N–H and O–H groups in total. The Bertz CT molecular complexity index is 825. The van der Waals surface area contributed by atoms with E-state index in [2.05, 4.69) is 84.2 Å². The average Bonchev–Trinajstić information content (AvgIpc) is 2.59. The molecule has 0 amide bonds. The first kappa shape index (κ1) is 21.9. The molecule has 0 bridgehead atoms. The van der Waals surface area contributed by atoms with Gasteiger partial charge in [-0.3, -0.25) is 4.99 Å². The van der Waals surface area contributed by atoms with Crippen LogP contribution < -0.4 is 5.32 Å². The highest BCUT2D eigenvalue weighted by atomic mass is 15.0. The van der Waals surface area contributed by atoms with Gasteiger partial charge in [0.1, 0.15) is 0 Å². The predicted octanol–water partition coefficient (Wildman–Crippen LogP) is 7.43. The summed E-state index contributed by atoms with van der Waals surface area (Å²) in [7, 11) is 0. The van der Waals surface area contributed by atoms with E-state index >= 15 is 0 Å². The average molecular weight is 393 g/mol. The van der Waals surface area contributed by atoms with Gasteiger partial charge in [-0.05, 0) is 93.4 Å². The quantitative estimate of drug-likeness (QED) is 0.528. The zero-order chi connectivity index (χ0) is 21.2. The van der Waals surface area contributed by atoms with Crippen LogP contribution in [0.4, 0.5) is 0 Å². The molecule has 0 radical (unpaired) electrons. The fourth-order valence-electron chi connectivity index (χ4n) is 5.31. The molecular formula is C27H40N2. The highest BCUT2D eigenvalue weighted by Crippen LogP contribution is 2.41. The molecule has 1 atom stereocenters. The summed E-state index contributed by atoms with van der Waals surface area (Å²) in [6.07, 6.45) is 19.1. The van der Waals surface area contributed by atoms with Crippen molar-refractivity contribution in [1.82, 2.24) is 5.32 Å². The normalized spacial score (nSPS) is 27.3. The van der Waals surface area contributed by atoms with Crippen LogP contribution in [0.3, 0.4) is 0 Å². The van der Waals surface area contributed by atoms with Crippen molar-refractivity contribution >= 4 is 5.84 Å². The van der Waals surface area contributed by atoms with Crippen LogP contribution in [-0.2, 0) is 0 Å². The van der Waals surface area contributed by atoms with Crippen LogP contribution in [0.15, 0.2) is 63.4 Å². The summed E-state index contributed by atoms with van der Waals surface area (Å²) >= 11 is 0. The number of amidine groups is 1.